The Bertz CT molecular complexity index is 979. The normalized spacial score (nSPS) is 15.5. The first-order valence-electron chi connectivity index (χ1n) is 7.61. The van der Waals surface area contributed by atoms with Gasteiger partial charge >= 0.3 is 5.69 Å². The number of aromatic nitrogens is 2. The molecular formula is C18H18N2O4. The maximum atomic E-state index is 12.7. The average Bonchev–Trinajstić information content (AvgIpc) is 2.59. The Labute approximate surface area is 138 Å². The zero-order chi connectivity index (χ0) is 17.4. The lowest BCUT2D eigenvalue weighted by Gasteiger charge is -2.18. The van der Waals surface area contributed by atoms with Crippen molar-refractivity contribution in [1.29, 1.82) is 0 Å². The second-order valence-electron chi connectivity index (χ2n) is 5.86. The van der Waals surface area contributed by atoms with Crippen LogP contribution in [-0.2, 0) is 20.5 Å². The molecule has 0 N–H and O–H groups in total. The van der Waals surface area contributed by atoms with Crippen molar-refractivity contribution in [2.24, 2.45) is 14.1 Å². The standard InChI is InChI=1S/C18H18N2O4/c1-19-10-13(17(22)20(2)18(19)23)8-12-5-4-11-9-14(24-3)6-7-15(11)16(12)21/h6-10H,4-5H2,1-3H3/b12-8+. The molecule has 124 valence electrons. The van der Waals surface area contributed by atoms with Gasteiger partial charge in [0.1, 0.15) is 5.75 Å². The Morgan fingerprint density at radius 3 is 2.58 bits per heavy atom. The number of methoxy groups -OCH3 is 1. The smallest absolute Gasteiger partial charge is 0.330 e. The Hall–Kier alpha value is -2.89. The zero-order valence-corrected chi connectivity index (χ0v) is 13.8. The number of benzene rings is 1. The van der Waals surface area contributed by atoms with E-state index in [4.69, 9.17) is 4.74 Å². The minimum Gasteiger partial charge on any atom is -0.497 e. The third-order valence-corrected chi connectivity index (χ3v) is 4.32. The van der Waals surface area contributed by atoms with Gasteiger partial charge in [0.25, 0.3) is 5.56 Å². The molecule has 2 aromatic rings. The van der Waals surface area contributed by atoms with Crippen LogP contribution in [0.25, 0.3) is 6.08 Å². The number of ether oxygens (including phenoxy) is 1. The first kappa shape index (κ1) is 16.0. The van der Waals surface area contributed by atoms with Crippen molar-refractivity contribution < 1.29 is 9.53 Å². The van der Waals surface area contributed by atoms with Crippen LogP contribution in [0.5, 0.6) is 5.75 Å². The topological polar surface area (TPSA) is 70.3 Å². The minimum absolute atomic E-state index is 0.0881. The molecule has 0 fully saturated rings. The summed E-state index contributed by atoms with van der Waals surface area (Å²) in [6.07, 6.45) is 4.31. The minimum atomic E-state index is -0.404. The predicted octanol–water partition coefficient (Wildman–Crippen LogP) is 1.31. The molecule has 0 unspecified atom stereocenters. The van der Waals surface area contributed by atoms with Crippen LogP contribution in [0.4, 0.5) is 0 Å². The molecule has 0 saturated carbocycles. The molecule has 1 aromatic carbocycles. The second-order valence-corrected chi connectivity index (χ2v) is 5.86. The van der Waals surface area contributed by atoms with Gasteiger partial charge in [-0.25, -0.2) is 4.79 Å². The number of carbonyl (C=O) groups is 1. The molecule has 1 aromatic heterocycles. The number of allylic oxidation sites excluding steroid dienone is 1. The van der Waals surface area contributed by atoms with Crippen molar-refractivity contribution in [3.63, 3.8) is 0 Å². The first-order valence-corrected chi connectivity index (χ1v) is 7.61. The molecule has 1 aliphatic carbocycles. The highest BCUT2D eigenvalue weighted by atomic mass is 16.5. The number of rotatable bonds is 2. The summed E-state index contributed by atoms with van der Waals surface area (Å²) in [4.78, 5) is 36.7. The summed E-state index contributed by atoms with van der Waals surface area (Å²) in [5.41, 5.74) is 1.69. The van der Waals surface area contributed by atoms with Crippen LogP contribution in [0.2, 0.25) is 0 Å². The number of hydrogen-bond acceptors (Lipinski definition) is 4. The first-order chi connectivity index (χ1) is 11.4. The molecule has 0 aliphatic heterocycles. The van der Waals surface area contributed by atoms with E-state index in [0.717, 1.165) is 15.9 Å². The lowest BCUT2D eigenvalue weighted by Crippen LogP contribution is -2.37. The van der Waals surface area contributed by atoms with Crippen LogP contribution in [0, 0.1) is 0 Å². The van der Waals surface area contributed by atoms with E-state index < -0.39 is 11.2 Å². The molecule has 24 heavy (non-hydrogen) atoms. The van der Waals surface area contributed by atoms with Crippen molar-refractivity contribution in [2.75, 3.05) is 7.11 Å². The molecule has 0 atom stereocenters. The van der Waals surface area contributed by atoms with Crippen molar-refractivity contribution >= 4 is 11.9 Å². The highest BCUT2D eigenvalue weighted by Crippen LogP contribution is 2.29. The van der Waals surface area contributed by atoms with Gasteiger partial charge in [-0.15, -0.1) is 0 Å². The van der Waals surface area contributed by atoms with Gasteiger partial charge < -0.3 is 9.30 Å². The predicted molar refractivity (Wildman–Crippen MR) is 90.5 cm³/mol. The molecule has 1 aliphatic rings. The summed E-state index contributed by atoms with van der Waals surface area (Å²) in [6.45, 7) is 0. The van der Waals surface area contributed by atoms with Crippen molar-refractivity contribution in [3.05, 3.63) is 67.5 Å². The monoisotopic (exact) mass is 326 g/mol. The SMILES string of the molecule is COc1ccc2c(c1)CC/C(=C\c1cn(C)c(=O)n(C)c1=O)C2=O. The Morgan fingerprint density at radius 2 is 1.88 bits per heavy atom. The molecule has 0 radical (unpaired) electrons. The van der Waals surface area contributed by atoms with Gasteiger partial charge in [-0.2, -0.15) is 0 Å². The van der Waals surface area contributed by atoms with E-state index in [1.807, 2.05) is 6.07 Å². The Morgan fingerprint density at radius 1 is 1.12 bits per heavy atom. The fourth-order valence-corrected chi connectivity index (χ4v) is 2.94. The number of ketones is 1. The molecular weight excluding hydrogens is 308 g/mol. The number of aryl methyl sites for hydroxylation is 2. The number of fused-ring (bicyclic) bond motifs is 1. The van der Waals surface area contributed by atoms with Crippen molar-refractivity contribution in [3.8, 4) is 5.75 Å². The Balaban J connectivity index is 2.06. The third kappa shape index (κ3) is 2.60. The largest absolute Gasteiger partial charge is 0.497 e. The maximum absolute atomic E-state index is 12.7. The summed E-state index contributed by atoms with van der Waals surface area (Å²) < 4.78 is 7.56. The van der Waals surface area contributed by atoms with E-state index in [-0.39, 0.29) is 5.78 Å². The summed E-state index contributed by atoms with van der Waals surface area (Å²) in [5, 5.41) is 0. The van der Waals surface area contributed by atoms with E-state index in [9.17, 15) is 14.4 Å². The zero-order valence-electron chi connectivity index (χ0n) is 13.8. The second kappa shape index (κ2) is 5.96. The van der Waals surface area contributed by atoms with E-state index in [2.05, 4.69) is 0 Å². The van der Waals surface area contributed by atoms with Crippen LogP contribution in [0.15, 0.2) is 39.6 Å². The molecule has 0 amide bonds. The van der Waals surface area contributed by atoms with Crippen molar-refractivity contribution in [2.45, 2.75) is 12.8 Å². The summed E-state index contributed by atoms with van der Waals surface area (Å²) in [6, 6.07) is 5.38. The van der Waals surface area contributed by atoms with Gasteiger partial charge in [-0.05, 0) is 42.7 Å². The lowest BCUT2D eigenvalue weighted by atomic mass is 9.86. The molecule has 6 heteroatoms. The fourth-order valence-electron chi connectivity index (χ4n) is 2.94. The molecule has 0 bridgehead atoms. The van der Waals surface area contributed by atoms with E-state index in [1.54, 1.807) is 32.4 Å². The van der Waals surface area contributed by atoms with Gasteiger partial charge in [-0.1, -0.05) is 0 Å². The average molecular weight is 326 g/mol. The van der Waals surface area contributed by atoms with Gasteiger partial charge in [0.15, 0.2) is 5.78 Å². The summed E-state index contributed by atoms with van der Waals surface area (Å²) in [7, 11) is 4.60. The van der Waals surface area contributed by atoms with Crippen LogP contribution in [-0.4, -0.2) is 22.0 Å². The van der Waals surface area contributed by atoms with Gasteiger partial charge in [0.05, 0.1) is 12.7 Å². The molecule has 3 rings (SSSR count). The molecule has 0 saturated heterocycles. The van der Waals surface area contributed by atoms with Crippen LogP contribution < -0.4 is 16.0 Å². The van der Waals surface area contributed by atoms with Crippen LogP contribution >= 0.6 is 0 Å². The highest BCUT2D eigenvalue weighted by Gasteiger charge is 2.22. The number of carbonyl (C=O) groups excluding carboxylic acids is 1. The molecule has 1 heterocycles. The third-order valence-electron chi connectivity index (χ3n) is 4.32. The van der Waals surface area contributed by atoms with Gasteiger partial charge in [0, 0.05) is 31.4 Å². The number of hydrogen-bond donors (Lipinski definition) is 0. The number of Topliss-reactive ketones (excluding diaryl/α,β-unsaturated/α-hetero) is 1. The van der Waals surface area contributed by atoms with Crippen LogP contribution in [0.1, 0.15) is 27.9 Å². The lowest BCUT2D eigenvalue weighted by molar-refractivity contribution is 0.102. The summed E-state index contributed by atoms with van der Waals surface area (Å²) in [5.74, 6) is 0.635. The summed E-state index contributed by atoms with van der Waals surface area (Å²) >= 11 is 0. The maximum Gasteiger partial charge on any atom is 0.330 e. The highest BCUT2D eigenvalue weighted by molar-refractivity contribution is 6.13. The quantitative estimate of drug-likeness (QED) is 0.780. The van der Waals surface area contributed by atoms with Crippen molar-refractivity contribution in [1.82, 2.24) is 9.13 Å². The molecule has 0 spiro atoms. The van der Waals surface area contributed by atoms with Gasteiger partial charge in [-0.3, -0.25) is 14.2 Å². The number of nitrogens with zero attached hydrogens (tertiary/aromatic N) is 2. The van der Waals surface area contributed by atoms with E-state index >= 15 is 0 Å². The van der Waals surface area contributed by atoms with E-state index in [1.165, 1.54) is 17.8 Å². The van der Waals surface area contributed by atoms with Gasteiger partial charge in [0.2, 0.25) is 0 Å². The molecule has 6 nitrogen and oxygen atoms in total. The Kier molecular flexibility index (Phi) is 3.97. The van der Waals surface area contributed by atoms with E-state index in [0.29, 0.717) is 29.5 Å². The fraction of sp³-hybridized carbons (Fsp3) is 0.278. The van der Waals surface area contributed by atoms with Crippen LogP contribution in [0.3, 0.4) is 0 Å².